The molecule has 1 fully saturated rings. The first-order chi connectivity index (χ1) is 12.7. The van der Waals surface area contributed by atoms with Gasteiger partial charge in [-0.3, -0.25) is 4.90 Å². The quantitative estimate of drug-likeness (QED) is 0.383. The zero-order valence-corrected chi connectivity index (χ0v) is 16.7. The Morgan fingerprint density at radius 3 is 2.38 bits per heavy atom. The van der Waals surface area contributed by atoms with Crippen molar-refractivity contribution in [3.05, 3.63) is 35.4 Å². The number of hydrogen-bond donors (Lipinski definition) is 2. The molecule has 1 heterocycles. The van der Waals surface area contributed by atoms with E-state index in [0.29, 0.717) is 12.5 Å². The van der Waals surface area contributed by atoms with Crippen LogP contribution in [0.1, 0.15) is 50.7 Å². The van der Waals surface area contributed by atoms with Gasteiger partial charge in [-0.05, 0) is 24.1 Å². The van der Waals surface area contributed by atoms with Crippen LogP contribution in [0.2, 0.25) is 0 Å². The molecule has 0 spiro atoms. The molecule has 1 saturated heterocycles. The Bertz CT molecular complexity index is 535. The molecule has 0 atom stereocenters. The highest BCUT2D eigenvalue weighted by molar-refractivity contribution is 5.77. The molecular weight excluding hydrogens is 322 g/mol. The number of guanidine groups is 1. The van der Waals surface area contributed by atoms with E-state index in [1.807, 2.05) is 0 Å². The number of rotatable bonds is 10. The van der Waals surface area contributed by atoms with E-state index in [1.165, 1.54) is 43.5 Å². The lowest BCUT2D eigenvalue weighted by Gasteiger charge is -2.34. The summed E-state index contributed by atoms with van der Waals surface area (Å²) in [6.45, 7) is 12.8. The summed E-state index contributed by atoms with van der Waals surface area (Å²) in [5.74, 6) is 0.563. The van der Waals surface area contributed by atoms with Crippen molar-refractivity contribution in [2.24, 2.45) is 10.7 Å². The van der Waals surface area contributed by atoms with Crippen molar-refractivity contribution in [2.45, 2.75) is 52.6 Å². The maximum atomic E-state index is 6.02. The number of hydrogen-bond acceptors (Lipinski definition) is 3. The normalized spacial score (nSPS) is 16.8. The summed E-state index contributed by atoms with van der Waals surface area (Å²) in [6, 6.07) is 8.62. The molecule has 1 aromatic carbocycles. The molecule has 146 valence electrons. The van der Waals surface area contributed by atoms with E-state index >= 15 is 0 Å². The third kappa shape index (κ3) is 7.34. The van der Waals surface area contributed by atoms with Crippen molar-refractivity contribution in [3.63, 3.8) is 0 Å². The van der Waals surface area contributed by atoms with E-state index in [-0.39, 0.29) is 0 Å². The second-order valence-electron chi connectivity index (χ2n) is 7.17. The molecule has 1 aromatic rings. The second kappa shape index (κ2) is 11.9. The molecule has 0 bridgehead atoms. The summed E-state index contributed by atoms with van der Waals surface area (Å²) < 4.78 is 0. The van der Waals surface area contributed by atoms with Gasteiger partial charge >= 0.3 is 0 Å². The average Bonchev–Trinajstić information content (AvgIpc) is 2.68. The first kappa shape index (κ1) is 20.7. The predicted octanol–water partition coefficient (Wildman–Crippen LogP) is 2.81. The Balaban J connectivity index is 1.81. The second-order valence-corrected chi connectivity index (χ2v) is 7.17. The lowest BCUT2D eigenvalue weighted by Crippen LogP contribution is -2.45. The zero-order chi connectivity index (χ0) is 18.6. The highest BCUT2D eigenvalue weighted by Crippen LogP contribution is 2.14. The number of unbranched alkanes of at least 4 members (excludes halogenated alkanes) is 3. The van der Waals surface area contributed by atoms with Gasteiger partial charge in [0, 0.05) is 39.3 Å². The van der Waals surface area contributed by atoms with Gasteiger partial charge in [-0.15, -0.1) is 0 Å². The van der Waals surface area contributed by atoms with E-state index in [2.05, 4.69) is 58.2 Å². The van der Waals surface area contributed by atoms with Gasteiger partial charge < -0.3 is 16.0 Å². The fraction of sp³-hybridized carbons (Fsp3) is 0.667. The van der Waals surface area contributed by atoms with Crippen LogP contribution in [0.3, 0.4) is 0 Å². The summed E-state index contributed by atoms with van der Waals surface area (Å²) in [5.41, 5.74) is 8.68. The lowest BCUT2D eigenvalue weighted by atomic mass is 10.1. The number of benzene rings is 1. The lowest BCUT2D eigenvalue weighted by molar-refractivity contribution is 0.131. The van der Waals surface area contributed by atoms with Crippen LogP contribution in [0.25, 0.3) is 0 Å². The Hall–Kier alpha value is -1.59. The number of piperazine rings is 1. The smallest absolute Gasteiger partial charge is 0.188 e. The fourth-order valence-electron chi connectivity index (χ4n) is 3.37. The first-order valence-corrected chi connectivity index (χ1v) is 10.3. The van der Waals surface area contributed by atoms with E-state index in [0.717, 1.165) is 39.1 Å². The maximum absolute atomic E-state index is 6.02. The van der Waals surface area contributed by atoms with Crippen LogP contribution in [0.15, 0.2) is 29.3 Å². The average molecular weight is 360 g/mol. The number of nitrogens with one attached hydrogen (secondary N) is 1. The fourth-order valence-corrected chi connectivity index (χ4v) is 3.37. The predicted molar refractivity (Wildman–Crippen MR) is 111 cm³/mol. The monoisotopic (exact) mass is 359 g/mol. The summed E-state index contributed by atoms with van der Waals surface area (Å²) in [5, 5.41) is 3.24. The number of nitrogens with two attached hydrogens (primary N) is 1. The molecule has 0 aliphatic carbocycles. The standard InChI is InChI=1S/C21H37N5/c1-3-5-6-9-12-23-21(22)24-17-19-10-7-8-11-20(19)18-26-15-13-25(4-2)14-16-26/h7-8,10-11H,3-6,9,12-18H2,1-2H3,(H3,22,23,24). The summed E-state index contributed by atoms with van der Waals surface area (Å²) in [6.07, 6.45) is 4.96. The summed E-state index contributed by atoms with van der Waals surface area (Å²) >= 11 is 0. The molecule has 0 radical (unpaired) electrons. The van der Waals surface area contributed by atoms with Crippen LogP contribution >= 0.6 is 0 Å². The van der Waals surface area contributed by atoms with E-state index < -0.39 is 0 Å². The molecule has 0 amide bonds. The van der Waals surface area contributed by atoms with Crippen molar-refractivity contribution in [1.82, 2.24) is 15.1 Å². The van der Waals surface area contributed by atoms with Gasteiger partial charge in [0.2, 0.25) is 0 Å². The number of aliphatic imine (C=N–C) groups is 1. The Labute approximate surface area is 159 Å². The van der Waals surface area contributed by atoms with Crippen LogP contribution in [-0.4, -0.2) is 55.0 Å². The Morgan fingerprint density at radius 1 is 1.00 bits per heavy atom. The third-order valence-corrected chi connectivity index (χ3v) is 5.18. The van der Waals surface area contributed by atoms with Crippen LogP contribution < -0.4 is 11.1 Å². The molecule has 0 saturated carbocycles. The van der Waals surface area contributed by atoms with Crippen molar-refractivity contribution in [1.29, 1.82) is 0 Å². The number of likely N-dealkylation sites (N-methyl/N-ethyl adjacent to an activating group) is 1. The largest absolute Gasteiger partial charge is 0.370 e. The highest BCUT2D eigenvalue weighted by atomic mass is 15.3. The SMILES string of the molecule is CCCCCCNC(N)=NCc1ccccc1CN1CCN(CC)CC1. The van der Waals surface area contributed by atoms with E-state index in [9.17, 15) is 0 Å². The summed E-state index contributed by atoms with van der Waals surface area (Å²) in [4.78, 5) is 9.61. The van der Waals surface area contributed by atoms with E-state index in [1.54, 1.807) is 0 Å². The van der Waals surface area contributed by atoms with Gasteiger partial charge in [0.05, 0.1) is 6.54 Å². The van der Waals surface area contributed by atoms with E-state index in [4.69, 9.17) is 5.73 Å². The van der Waals surface area contributed by atoms with Crippen molar-refractivity contribution >= 4 is 5.96 Å². The van der Waals surface area contributed by atoms with Crippen LogP contribution in [0, 0.1) is 0 Å². The van der Waals surface area contributed by atoms with Gasteiger partial charge in [0.25, 0.3) is 0 Å². The molecule has 1 aliphatic rings. The number of nitrogens with zero attached hydrogens (tertiary/aromatic N) is 3. The van der Waals surface area contributed by atoms with Crippen LogP contribution in [0.5, 0.6) is 0 Å². The minimum atomic E-state index is 0.563. The molecule has 5 heteroatoms. The van der Waals surface area contributed by atoms with Gasteiger partial charge in [-0.2, -0.15) is 0 Å². The minimum absolute atomic E-state index is 0.563. The first-order valence-electron chi connectivity index (χ1n) is 10.3. The summed E-state index contributed by atoms with van der Waals surface area (Å²) in [7, 11) is 0. The van der Waals surface area contributed by atoms with Gasteiger partial charge in [0.15, 0.2) is 5.96 Å². The van der Waals surface area contributed by atoms with Gasteiger partial charge in [0.1, 0.15) is 0 Å². The van der Waals surface area contributed by atoms with Crippen molar-refractivity contribution in [3.8, 4) is 0 Å². The zero-order valence-electron chi connectivity index (χ0n) is 16.7. The Kier molecular flexibility index (Phi) is 9.50. The molecule has 26 heavy (non-hydrogen) atoms. The van der Waals surface area contributed by atoms with Crippen molar-refractivity contribution < 1.29 is 0 Å². The third-order valence-electron chi connectivity index (χ3n) is 5.18. The van der Waals surface area contributed by atoms with Crippen LogP contribution in [0.4, 0.5) is 0 Å². The molecule has 5 nitrogen and oxygen atoms in total. The Morgan fingerprint density at radius 2 is 1.69 bits per heavy atom. The van der Waals surface area contributed by atoms with Crippen LogP contribution in [-0.2, 0) is 13.1 Å². The molecule has 2 rings (SSSR count). The minimum Gasteiger partial charge on any atom is -0.370 e. The van der Waals surface area contributed by atoms with Gasteiger partial charge in [-0.25, -0.2) is 4.99 Å². The van der Waals surface area contributed by atoms with Gasteiger partial charge in [-0.1, -0.05) is 57.4 Å². The molecule has 0 aromatic heterocycles. The molecule has 3 N–H and O–H groups in total. The highest BCUT2D eigenvalue weighted by Gasteiger charge is 2.16. The molecular formula is C21H37N5. The topological polar surface area (TPSA) is 56.9 Å². The molecule has 0 unspecified atom stereocenters. The molecule has 1 aliphatic heterocycles. The van der Waals surface area contributed by atoms with Crippen molar-refractivity contribution in [2.75, 3.05) is 39.3 Å². The maximum Gasteiger partial charge on any atom is 0.188 e.